The van der Waals surface area contributed by atoms with Crippen LogP contribution in [-0.4, -0.2) is 11.1 Å². The highest BCUT2D eigenvalue weighted by molar-refractivity contribution is 5.78. The monoisotopic (exact) mass is 278 g/mol. The van der Waals surface area contributed by atoms with Crippen LogP contribution in [0.1, 0.15) is 5.56 Å². The van der Waals surface area contributed by atoms with E-state index in [2.05, 4.69) is 41.1 Å². The molecule has 0 fully saturated rings. The molecule has 2 aromatic carbocycles. The number of rotatable bonds is 4. The van der Waals surface area contributed by atoms with Gasteiger partial charge in [0, 0.05) is 36.4 Å². The van der Waals surface area contributed by atoms with E-state index in [9.17, 15) is 4.79 Å². The minimum Gasteiger partial charge on any atom is -0.383 e. The van der Waals surface area contributed by atoms with Crippen LogP contribution in [0.4, 0.5) is 5.69 Å². The quantitative estimate of drug-likeness (QED) is 0.793. The van der Waals surface area contributed by atoms with Gasteiger partial charge in [0.25, 0.3) is 0 Å². The smallest absolute Gasteiger partial charge is 0.189 e. The van der Waals surface area contributed by atoms with E-state index in [-0.39, 0.29) is 5.43 Å². The van der Waals surface area contributed by atoms with Crippen LogP contribution in [0.25, 0.3) is 10.9 Å². The van der Waals surface area contributed by atoms with Crippen molar-refractivity contribution in [2.45, 2.75) is 13.5 Å². The van der Waals surface area contributed by atoms with E-state index in [0.29, 0.717) is 0 Å². The number of hydrogen-bond acceptors (Lipinski definition) is 2. The SMILES string of the molecule is Cc1ccc(NCCn2ccc(=O)c3ccccc32)cc1. The number of nitrogens with one attached hydrogen (secondary N) is 1. The summed E-state index contributed by atoms with van der Waals surface area (Å²) in [6, 6.07) is 17.7. The van der Waals surface area contributed by atoms with Crippen LogP contribution in [0.3, 0.4) is 0 Å². The average molecular weight is 278 g/mol. The van der Waals surface area contributed by atoms with Crippen LogP contribution in [0, 0.1) is 6.92 Å². The summed E-state index contributed by atoms with van der Waals surface area (Å²) >= 11 is 0. The van der Waals surface area contributed by atoms with Crippen LogP contribution in [0.5, 0.6) is 0 Å². The molecule has 3 heteroatoms. The average Bonchev–Trinajstić information content (AvgIpc) is 2.52. The Hall–Kier alpha value is -2.55. The molecule has 0 saturated carbocycles. The summed E-state index contributed by atoms with van der Waals surface area (Å²) < 4.78 is 2.11. The van der Waals surface area contributed by atoms with Gasteiger partial charge in [0.1, 0.15) is 0 Å². The van der Waals surface area contributed by atoms with E-state index in [1.165, 1.54) is 5.56 Å². The summed E-state index contributed by atoms with van der Waals surface area (Å²) in [6.45, 7) is 3.71. The van der Waals surface area contributed by atoms with Crippen LogP contribution in [0.15, 0.2) is 65.6 Å². The van der Waals surface area contributed by atoms with Gasteiger partial charge in [-0.3, -0.25) is 4.79 Å². The van der Waals surface area contributed by atoms with Crippen molar-refractivity contribution in [3.8, 4) is 0 Å². The van der Waals surface area contributed by atoms with Crippen molar-refractivity contribution in [1.29, 1.82) is 0 Å². The van der Waals surface area contributed by atoms with E-state index in [4.69, 9.17) is 0 Å². The Morgan fingerprint density at radius 2 is 1.76 bits per heavy atom. The molecular weight excluding hydrogens is 260 g/mol. The minimum absolute atomic E-state index is 0.0772. The predicted molar refractivity (Wildman–Crippen MR) is 87.9 cm³/mol. The van der Waals surface area contributed by atoms with Gasteiger partial charge >= 0.3 is 0 Å². The maximum Gasteiger partial charge on any atom is 0.189 e. The molecule has 1 aromatic heterocycles. The molecule has 106 valence electrons. The molecule has 3 aromatic rings. The molecule has 0 radical (unpaired) electrons. The van der Waals surface area contributed by atoms with E-state index >= 15 is 0 Å². The molecule has 0 atom stereocenters. The van der Waals surface area contributed by atoms with Gasteiger partial charge in [0.15, 0.2) is 5.43 Å². The van der Waals surface area contributed by atoms with E-state index < -0.39 is 0 Å². The molecule has 21 heavy (non-hydrogen) atoms. The fourth-order valence-corrected chi connectivity index (χ4v) is 2.45. The van der Waals surface area contributed by atoms with Crippen molar-refractivity contribution in [2.75, 3.05) is 11.9 Å². The third-order valence-electron chi connectivity index (χ3n) is 3.62. The Morgan fingerprint density at radius 1 is 1.00 bits per heavy atom. The lowest BCUT2D eigenvalue weighted by molar-refractivity contribution is 0.749. The number of hydrogen-bond donors (Lipinski definition) is 1. The van der Waals surface area contributed by atoms with Crippen LogP contribution >= 0.6 is 0 Å². The number of anilines is 1. The first-order valence-electron chi connectivity index (χ1n) is 7.13. The standard InChI is InChI=1S/C18H18N2O/c1-14-6-8-15(9-7-14)19-11-13-20-12-10-18(21)16-4-2-3-5-17(16)20/h2-10,12,19H,11,13H2,1H3. The van der Waals surface area contributed by atoms with Gasteiger partial charge in [-0.1, -0.05) is 29.8 Å². The topological polar surface area (TPSA) is 34.0 Å². The predicted octanol–water partition coefficient (Wildman–Crippen LogP) is 3.42. The van der Waals surface area contributed by atoms with Gasteiger partial charge in [0.05, 0.1) is 5.52 Å². The van der Waals surface area contributed by atoms with Crippen molar-refractivity contribution in [3.63, 3.8) is 0 Å². The molecule has 0 aliphatic rings. The first kappa shape index (κ1) is 13.4. The summed E-state index contributed by atoms with van der Waals surface area (Å²) in [7, 11) is 0. The second-order valence-electron chi connectivity index (χ2n) is 5.18. The van der Waals surface area contributed by atoms with Crippen molar-refractivity contribution in [1.82, 2.24) is 4.57 Å². The first-order chi connectivity index (χ1) is 10.2. The van der Waals surface area contributed by atoms with E-state index in [1.54, 1.807) is 6.07 Å². The van der Waals surface area contributed by atoms with E-state index in [0.717, 1.165) is 29.7 Å². The lowest BCUT2D eigenvalue weighted by Crippen LogP contribution is -2.13. The number of aromatic nitrogens is 1. The molecule has 0 saturated heterocycles. The van der Waals surface area contributed by atoms with Crippen LogP contribution < -0.4 is 10.7 Å². The largest absolute Gasteiger partial charge is 0.383 e. The first-order valence-corrected chi connectivity index (χ1v) is 7.13. The Bertz CT molecular complexity index is 803. The highest BCUT2D eigenvalue weighted by Gasteiger charge is 2.01. The molecule has 0 amide bonds. The fourth-order valence-electron chi connectivity index (χ4n) is 2.45. The molecule has 3 nitrogen and oxygen atoms in total. The van der Waals surface area contributed by atoms with Gasteiger partial charge in [0.2, 0.25) is 0 Å². The van der Waals surface area contributed by atoms with Crippen molar-refractivity contribution < 1.29 is 0 Å². The zero-order valence-electron chi connectivity index (χ0n) is 12.0. The van der Waals surface area contributed by atoms with Crippen molar-refractivity contribution in [2.24, 2.45) is 0 Å². The molecule has 1 N–H and O–H groups in total. The second kappa shape index (κ2) is 5.83. The van der Waals surface area contributed by atoms with Crippen LogP contribution in [-0.2, 0) is 6.54 Å². The van der Waals surface area contributed by atoms with Crippen molar-refractivity contribution >= 4 is 16.6 Å². The Kier molecular flexibility index (Phi) is 3.73. The minimum atomic E-state index is 0.0772. The van der Waals surface area contributed by atoms with Gasteiger partial charge in [-0.25, -0.2) is 0 Å². The van der Waals surface area contributed by atoms with Gasteiger partial charge in [-0.05, 0) is 31.2 Å². The molecule has 0 bridgehead atoms. The lowest BCUT2D eigenvalue weighted by atomic mass is 10.2. The third-order valence-corrected chi connectivity index (χ3v) is 3.62. The zero-order chi connectivity index (χ0) is 14.7. The molecule has 1 heterocycles. The molecule has 0 aliphatic carbocycles. The Labute approximate surface area is 123 Å². The molecule has 3 rings (SSSR count). The molecule has 0 spiro atoms. The molecule has 0 unspecified atom stereocenters. The Balaban J connectivity index is 1.75. The van der Waals surface area contributed by atoms with E-state index in [1.807, 2.05) is 30.5 Å². The van der Waals surface area contributed by atoms with Gasteiger partial charge in [-0.2, -0.15) is 0 Å². The summed E-state index contributed by atoms with van der Waals surface area (Å²) in [5.41, 5.74) is 3.43. The highest BCUT2D eigenvalue weighted by atomic mass is 16.1. The summed E-state index contributed by atoms with van der Waals surface area (Å²) in [6.07, 6.45) is 1.86. The van der Waals surface area contributed by atoms with Crippen molar-refractivity contribution in [3.05, 3.63) is 76.6 Å². The summed E-state index contributed by atoms with van der Waals surface area (Å²) in [4.78, 5) is 11.8. The maximum absolute atomic E-state index is 11.8. The number of pyridine rings is 1. The van der Waals surface area contributed by atoms with Gasteiger partial charge in [-0.15, -0.1) is 0 Å². The number of benzene rings is 2. The highest BCUT2D eigenvalue weighted by Crippen LogP contribution is 2.11. The molecular formula is C18H18N2O. The maximum atomic E-state index is 11.8. The van der Waals surface area contributed by atoms with Crippen LogP contribution in [0.2, 0.25) is 0 Å². The summed E-state index contributed by atoms with van der Waals surface area (Å²) in [5.74, 6) is 0. The number of fused-ring (bicyclic) bond motifs is 1. The number of nitrogens with zero attached hydrogens (tertiary/aromatic N) is 1. The lowest BCUT2D eigenvalue weighted by Gasteiger charge is -2.12. The molecule has 0 aliphatic heterocycles. The normalized spacial score (nSPS) is 10.7. The second-order valence-corrected chi connectivity index (χ2v) is 5.18. The third kappa shape index (κ3) is 2.97. The number of para-hydroxylation sites is 1. The summed E-state index contributed by atoms with van der Waals surface area (Å²) in [5, 5.41) is 4.17. The zero-order valence-corrected chi connectivity index (χ0v) is 12.0. The van der Waals surface area contributed by atoms with Gasteiger partial charge < -0.3 is 9.88 Å². The Morgan fingerprint density at radius 3 is 2.57 bits per heavy atom. The number of aryl methyl sites for hydroxylation is 1. The fraction of sp³-hybridized carbons (Fsp3) is 0.167.